The first kappa shape index (κ1) is 23.1. The van der Waals surface area contributed by atoms with E-state index in [1.54, 1.807) is 25.1 Å². The molecule has 0 unspecified atom stereocenters. The van der Waals surface area contributed by atoms with E-state index in [0.29, 0.717) is 17.3 Å². The van der Waals surface area contributed by atoms with Crippen LogP contribution >= 0.6 is 11.8 Å². The molecule has 2 aromatic rings. The van der Waals surface area contributed by atoms with Crippen molar-refractivity contribution in [3.63, 3.8) is 0 Å². The number of carbonyl (C=O) groups excluding carboxylic acids is 1. The number of amides is 1. The van der Waals surface area contributed by atoms with Crippen LogP contribution in [0.5, 0.6) is 5.75 Å². The number of nitrogens with zero attached hydrogens (tertiary/aromatic N) is 3. The molecule has 1 aromatic carbocycles. The maximum atomic E-state index is 13.8. The second-order valence-corrected chi connectivity index (χ2v) is 9.70. The number of aromatic nitrogens is 2. The summed E-state index contributed by atoms with van der Waals surface area (Å²) in [6.07, 6.45) is 11.2. The van der Waals surface area contributed by atoms with Gasteiger partial charge in [-0.3, -0.25) is 4.79 Å². The predicted molar refractivity (Wildman–Crippen MR) is 121 cm³/mol. The minimum atomic E-state index is -0.592. The van der Waals surface area contributed by atoms with E-state index >= 15 is 0 Å². The molecule has 2 aliphatic rings. The van der Waals surface area contributed by atoms with E-state index in [-0.39, 0.29) is 23.3 Å². The highest BCUT2D eigenvalue weighted by molar-refractivity contribution is 7.99. The van der Waals surface area contributed by atoms with Gasteiger partial charge in [0, 0.05) is 12.1 Å². The molecule has 8 heteroatoms. The van der Waals surface area contributed by atoms with Crippen LogP contribution in [-0.4, -0.2) is 38.8 Å². The van der Waals surface area contributed by atoms with E-state index in [1.807, 2.05) is 0 Å². The number of thioether (sulfide) groups is 1. The Morgan fingerprint density at radius 2 is 1.72 bits per heavy atom. The summed E-state index contributed by atoms with van der Waals surface area (Å²) >= 11 is 1.27. The molecule has 1 atom stereocenters. The highest BCUT2D eigenvalue weighted by Gasteiger charge is 2.32. The molecule has 0 bridgehead atoms. The van der Waals surface area contributed by atoms with Gasteiger partial charge in [0.15, 0.2) is 17.7 Å². The lowest BCUT2D eigenvalue weighted by molar-refractivity contribution is -0.135. The van der Waals surface area contributed by atoms with Gasteiger partial charge in [-0.2, -0.15) is 0 Å². The molecule has 174 valence electrons. The summed E-state index contributed by atoms with van der Waals surface area (Å²) in [4.78, 5) is 15.5. The summed E-state index contributed by atoms with van der Waals surface area (Å²) in [6, 6.07) is 6.94. The average molecular weight is 462 g/mol. The van der Waals surface area contributed by atoms with Crippen LogP contribution in [0.15, 0.2) is 33.9 Å². The van der Waals surface area contributed by atoms with Gasteiger partial charge < -0.3 is 14.1 Å². The minimum Gasteiger partial charge on any atom is -0.478 e. The Morgan fingerprint density at radius 1 is 1.09 bits per heavy atom. The van der Waals surface area contributed by atoms with E-state index in [4.69, 9.17) is 9.15 Å². The van der Waals surface area contributed by atoms with E-state index in [1.165, 1.54) is 56.4 Å². The number of benzene rings is 1. The van der Waals surface area contributed by atoms with Crippen molar-refractivity contribution < 1.29 is 18.3 Å². The Bertz CT molecular complexity index is 863. The van der Waals surface area contributed by atoms with Gasteiger partial charge in [-0.1, -0.05) is 62.4 Å². The maximum Gasteiger partial charge on any atom is 0.277 e. The first-order valence-electron chi connectivity index (χ1n) is 11.8. The normalized spacial score (nSPS) is 18.9. The van der Waals surface area contributed by atoms with Crippen molar-refractivity contribution in [1.82, 2.24) is 15.1 Å². The molecule has 6 nitrogen and oxygen atoms in total. The lowest BCUT2D eigenvalue weighted by atomic mass is 9.88. The highest BCUT2D eigenvalue weighted by atomic mass is 32.2. The van der Waals surface area contributed by atoms with Crippen LogP contribution in [0.1, 0.15) is 83.1 Å². The summed E-state index contributed by atoms with van der Waals surface area (Å²) in [7, 11) is 0. The monoisotopic (exact) mass is 461 g/mol. The summed E-state index contributed by atoms with van der Waals surface area (Å²) in [6.45, 7) is 1.73. The number of hydrogen-bond donors (Lipinski definition) is 0. The molecule has 2 saturated carbocycles. The zero-order valence-electron chi connectivity index (χ0n) is 18.7. The zero-order chi connectivity index (χ0) is 22.3. The van der Waals surface area contributed by atoms with Crippen molar-refractivity contribution >= 4 is 17.7 Å². The maximum absolute atomic E-state index is 13.8. The van der Waals surface area contributed by atoms with E-state index in [0.717, 1.165) is 25.7 Å². The molecule has 1 aromatic heterocycles. The van der Waals surface area contributed by atoms with Gasteiger partial charge in [0.2, 0.25) is 5.91 Å². The van der Waals surface area contributed by atoms with Crippen LogP contribution in [0.4, 0.5) is 4.39 Å². The Morgan fingerprint density at radius 3 is 2.34 bits per heavy atom. The van der Waals surface area contributed by atoms with E-state index in [2.05, 4.69) is 15.1 Å². The molecule has 4 rings (SSSR count). The van der Waals surface area contributed by atoms with Crippen molar-refractivity contribution in [1.29, 1.82) is 0 Å². The predicted octanol–water partition coefficient (Wildman–Crippen LogP) is 5.93. The Kier molecular flexibility index (Phi) is 8.05. The quantitative estimate of drug-likeness (QED) is 0.454. The Labute approximate surface area is 193 Å². The molecule has 0 saturated heterocycles. The van der Waals surface area contributed by atoms with Crippen LogP contribution < -0.4 is 4.74 Å². The number of ether oxygens (including phenoxy) is 1. The Hall–Kier alpha value is -2.09. The largest absolute Gasteiger partial charge is 0.478 e. The molecule has 0 radical (unpaired) electrons. The lowest BCUT2D eigenvalue weighted by Crippen LogP contribution is -2.49. The van der Waals surface area contributed by atoms with Gasteiger partial charge in [-0.05, 0) is 44.7 Å². The number of para-hydroxylation sites is 1. The van der Waals surface area contributed by atoms with Gasteiger partial charge in [-0.15, -0.1) is 10.2 Å². The summed E-state index contributed by atoms with van der Waals surface area (Å²) in [5, 5.41) is 8.43. The fourth-order valence-corrected chi connectivity index (χ4v) is 5.48. The van der Waals surface area contributed by atoms with Crippen LogP contribution in [0.2, 0.25) is 0 Å². The fourth-order valence-electron chi connectivity index (χ4n) is 4.85. The molecule has 2 aliphatic carbocycles. The molecular weight excluding hydrogens is 429 g/mol. The van der Waals surface area contributed by atoms with Gasteiger partial charge in [0.1, 0.15) is 0 Å². The van der Waals surface area contributed by atoms with Gasteiger partial charge in [0.25, 0.3) is 11.1 Å². The lowest BCUT2D eigenvalue weighted by Gasteiger charge is -2.41. The zero-order valence-corrected chi connectivity index (χ0v) is 19.5. The minimum absolute atomic E-state index is 0.137. The van der Waals surface area contributed by atoms with E-state index in [9.17, 15) is 9.18 Å². The summed E-state index contributed by atoms with van der Waals surface area (Å²) in [5.74, 6) is 0.420. The number of carbonyl (C=O) groups is 1. The van der Waals surface area contributed by atoms with Crippen LogP contribution in [0.3, 0.4) is 0 Å². The van der Waals surface area contributed by atoms with Crippen molar-refractivity contribution in [2.24, 2.45) is 0 Å². The third-order valence-electron chi connectivity index (χ3n) is 6.45. The molecule has 0 spiro atoms. The number of hydrogen-bond acceptors (Lipinski definition) is 6. The van der Waals surface area contributed by atoms with Crippen molar-refractivity contribution in [2.75, 3.05) is 5.75 Å². The Balaban J connectivity index is 1.36. The van der Waals surface area contributed by atoms with Crippen LogP contribution in [-0.2, 0) is 4.79 Å². The molecule has 0 aliphatic heterocycles. The fraction of sp³-hybridized carbons (Fsp3) is 0.625. The van der Waals surface area contributed by atoms with Crippen molar-refractivity contribution in [2.45, 2.75) is 94.5 Å². The third kappa shape index (κ3) is 5.82. The average Bonchev–Trinajstić information content (AvgIpc) is 3.30. The topological polar surface area (TPSA) is 68.5 Å². The first-order chi connectivity index (χ1) is 15.6. The second kappa shape index (κ2) is 11.2. The van der Waals surface area contributed by atoms with Crippen molar-refractivity contribution in [3.8, 4) is 5.75 Å². The highest BCUT2D eigenvalue weighted by Crippen LogP contribution is 2.32. The van der Waals surface area contributed by atoms with Crippen LogP contribution in [0.25, 0.3) is 0 Å². The molecule has 2 fully saturated rings. The SMILES string of the molecule is C[C@H](Oc1ccccc1F)c1nnc(SCC(=O)N(C2CCCCC2)C2CCCCC2)o1. The van der Waals surface area contributed by atoms with Crippen LogP contribution in [0, 0.1) is 5.82 Å². The summed E-state index contributed by atoms with van der Waals surface area (Å²) in [5.41, 5.74) is 0. The second-order valence-electron chi connectivity index (χ2n) is 8.77. The molecule has 1 amide bonds. The van der Waals surface area contributed by atoms with E-state index < -0.39 is 11.9 Å². The van der Waals surface area contributed by atoms with Crippen molar-refractivity contribution in [3.05, 3.63) is 36.0 Å². The smallest absolute Gasteiger partial charge is 0.277 e. The van der Waals surface area contributed by atoms with Gasteiger partial charge in [-0.25, -0.2) is 4.39 Å². The number of halogens is 1. The molecule has 0 N–H and O–H groups in total. The standard InChI is InChI=1S/C24H32FN3O3S/c1-17(30-21-15-9-8-14-20(21)25)23-26-27-24(31-23)32-16-22(29)28(18-10-4-2-5-11-18)19-12-6-3-7-13-19/h8-9,14-15,17-19H,2-7,10-13,16H2,1H3/t17-/m0/s1. The van der Waals surface area contributed by atoms with Gasteiger partial charge >= 0.3 is 0 Å². The molecule has 32 heavy (non-hydrogen) atoms. The summed E-state index contributed by atoms with van der Waals surface area (Å²) < 4.78 is 25.1. The number of rotatable bonds is 8. The first-order valence-corrected chi connectivity index (χ1v) is 12.8. The molecule has 1 heterocycles. The van der Waals surface area contributed by atoms with Gasteiger partial charge in [0.05, 0.1) is 5.75 Å². The third-order valence-corrected chi connectivity index (χ3v) is 7.26. The molecular formula is C24H32FN3O3S.